The summed E-state index contributed by atoms with van der Waals surface area (Å²) >= 11 is 0. The van der Waals surface area contributed by atoms with Crippen molar-refractivity contribution in [2.75, 3.05) is 6.54 Å². The number of hydrogen-bond acceptors (Lipinski definition) is 3. The third kappa shape index (κ3) is 4.58. The molecule has 0 radical (unpaired) electrons. The molecule has 0 aliphatic heterocycles. The summed E-state index contributed by atoms with van der Waals surface area (Å²) in [6.07, 6.45) is -1.35. The number of benzene rings is 2. The highest BCUT2D eigenvalue weighted by Gasteiger charge is 2.42. The Morgan fingerprint density at radius 3 is 2.48 bits per heavy atom. The molecule has 0 aliphatic rings. The first-order chi connectivity index (χ1) is 10.9. The normalized spacial score (nSPS) is 14.5. The predicted molar refractivity (Wildman–Crippen MR) is 87.2 cm³/mol. The van der Waals surface area contributed by atoms with Crippen LogP contribution in [0.4, 0.5) is 8.78 Å². The van der Waals surface area contributed by atoms with Crippen molar-refractivity contribution in [1.29, 1.82) is 0 Å². The van der Waals surface area contributed by atoms with Crippen molar-refractivity contribution in [2.45, 2.75) is 31.5 Å². The molecule has 2 aromatic rings. The summed E-state index contributed by atoms with van der Waals surface area (Å²) in [6.45, 7) is 2.47. The second-order valence-electron chi connectivity index (χ2n) is 5.70. The van der Waals surface area contributed by atoms with E-state index in [1.165, 1.54) is 24.3 Å². The summed E-state index contributed by atoms with van der Waals surface area (Å²) in [7, 11) is 0. The lowest BCUT2D eigenvalue weighted by atomic mass is 9.97. The lowest BCUT2D eigenvalue weighted by Crippen LogP contribution is -2.51. The molecule has 0 heterocycles. The van der Waals surface area contributed by atoms with Crippen molar-refractivity contribution in [3.8, 4) is 0 Å². The second-order valence-corrected chi connectivity index (χ2v) is 5.70. The number of aryl methyl sites for hydroxylation is 1. The molecule has 0 aromatic heterocycles. The van der Waals surface area contributed by atoms with Crippen LogP contribution in [0.1, 0.15) is 16.7 Å². The largest absolute Gasteiger partial charge is 0.390 e. The molecular formula is C18H22F2N2O. The van der Waals surface area contributed by atoms with E-state index < -0.39 is 18.1 Å². The summed E-state index contributed by atoms with van der Waals surface area (Å²) in [5, 5.41) is 12.9. The molecule has 3 nitrogen and oxygen atoms in total. The maximum absolute atomic E-state index is 14.3. The van der Waals surface area contributed by atoms with Gasteiger partial charge in [0.1, 0.15) is 6.04 Å². The zero-order valence-corrected chi connectivity index (χ0v) is 13.0. The Labute approximate surface area is 135 Å². The van der Waals surface area contributed by atoms with Gasteiger partial charge in [0.25, 0.3) is 5.92 Å². The topological polar surface area (TPSA) is 58.3 Å². The minimum atomic E-state index is -3.29. The summed E-state index contributed by atoms with van der Waals surface area (Å²) in [4.78, 5) is 0. The minimum absolute atomic E-state index is 0.00245. The van der Waals surface area contributed by atoms with Crippen molar-refractivity contribution >= 4 is 0 Å². The molecule has 4 N–H and O–H groups in total. The van der Waals surface area contributed by atoms with Crippen molar-refractivity contribution < 1.29 is 13.9 Å². The first-order valence-corrected chi connectivity index (χ1v) is 7.54. The molecule has 23 heavy (non-hydrogen) atoms. The van der Waals surface area contributed by atoms with Gasteiger partial charge in [-0.05, 0) is 12.5 Å². The third-order valence-electron chi connectivity index (χ3n) is 3.76. The number of aliphatic hydroxyl groups is 1. The molecule has 5 heteroatoms. The fraction of sp³-hybridized carbons (Fsp3) is 0.333. The molecule has 0 aliphatic carbocycles. The van der Waals surface area contributed by atoms with E-state index in [4.69, 9.17) is 5.73 Å². The first-order valence-electron chi connectivity index (χ1n) is 7.54. The lowest BCUT2D eigenvalue weighted by Gasteiger charge is -2.28. The van der Waals surface area contributed by atoms with E-state index in [0.717, 1.165) is 11.1 Å². The summed E-state index contributed by atoms with van der Waals surface area (Å²) in [5.41, 5.74) is 7.55. The van der Waals surface area contributed by atoms with Gasteiger partial charge in [-0.1, -0.05) is 60.2 Å². The highest BCUT2D eigenvalue weighted by molar-refractivity contribution is 5.23. The SMILES string of the molecule is Cc1cccc(CNCC(O)C(N)C(F)(F)c2ccccc2)c1. The van der Waals surface area contributed by atoms with E-state index in [9.17, 15) is 13.9 Å². The molecular weight excluding hydrogens is 298 g/mol. The quantitative estimate of drug-likeness (QED) is 0.735. The van der Waals surface area contributed by atoms with Gasteiger partial charge in [0.2, 0.25) is 0 Å². The van der Waals surface area contributed by atoms with E-state index in [2.05, 4.69) is 5.32 Å². The van der Waals surface area contributed by atoms with E-state index in [0.29, 0.717) is 6.54 Å². The van der Waals surface area contributed by atoms with E-state index >= 15 is 0 Å². The van der Waals surface area contributed by atoms with Crippen LogP contribution in [-0.4, -0.2) is 23.8 Å². The van der Waals surface area contributed by atoms with E-state index in [1.807, 2.05) is 31.2 Å². The number of rotatable bonds is 7. The maximum Gasteiger partial charge on any atom is 0.290 e. The highest BCUT2D eigenvalue weighted by Crippen LogP contribution is 2.31. The first kappa shape index (κ1) is 17.5. The number of halogens is 2. The number of aliphatic hydroxyl groups excluding tert-OH is 1. The number of nitrogens with one attached hydrogen (secondary N) is 1. The smallest absolute Gasteiger partial charge is 0.290 e. The van der Waals surface area contributed by atoms with Crippen LogP contribution in [0.15, 0.2) is 54.6 Å². The second kappa shape index (κ2) is 7.64. The standard InChI is InChI=1S/C18H22F2N2O/c1-13-6-5-7-14(10-13)11-22-12-16(23)17(21)18(19,20)15-8-3-2-4-9-15/h2-10,16-17,22-23H,11-12,21H2,1H3. The monoisotopic (exact) mass is 320 g/mol. The third-order valence-corrected chi connectivity index (χ3v) is 3.76. The Bertz CT molecular complexity index is 619. The van der Waals surface area contributed by atoms with Crippen LogP contribution in [0.5, 0.6) is 0 Å². The highest BCUT2D eigenvalue weighted by atomic mass is 19.3. The Kier molecular flexibility index (Phi) is 5.82. The zero-order valence-electron chi connectivity index (χ0n) is 13.0. The molecule has 124 valence electrons. The zero-order chi connectivity index (χ0) is 16.9. The molecule has 0 bridgehead atoms. The van der Waals surface area contributed by atoms with Crippen molar-refractivity contribution in [2.24, 2.45) is 5.73 Å². The fourth-order valence-corrected chi connectivity index (χ4v) is 2.41. The van der Waals surface area contributed by atoms with Crippen LogP contribution >= 0.6 is 0 Å². The van der Waals surface area contributed by atoms with Crippen LogP contribution in [0.2, 0.25) is 0 Å². The Hall–Kier alpha value is -1.82. The Morgan fingerprint density at radius 1 is 1.13 bits per heavy atom. The molecule has 2 atom stereocenters. The van der Waals surface area contributed by atoms with Crippen LogP contribution < -0.4 is 11.1 Å². The molecule has 0 spiro atoms. The van der Waals surface area contributed by atoms with Crippen LogP contribution in [0.25, 0.3) is 0 Å². The Morgan fingerprint density at radius 2 is 1.83 bits per heavy atom. The molecule has 2 unspecified atom stereocenters. The molecule has 2 rings (SSSR count). The number of alkyl halides is 2. The summed E-state index contributed by atoms with van der Waals surface area (Å²) in [6, 6.07) is 13.5. The van der Waals surface area contributed by atoms with Gasteiger partial charge in [-0.3, -0.25) is 0 Å². The van der Waals surface area contributed by atoms with Crippen LogP contribution in [0.3, 0.4) is 0 Å². The van der Waals surface area contributed by atoms with Crippen molar-refractivity contribution in [1.82, 2.24) is 5.32 Å². The molecule has 0 saturated heterocycles. The van der Waals surface area contributed by atoms with Gasteiger partial charge in [-0.15, -0.1) is 0 Å². The van der Waals surface area contributed by atoms with Crippen LogP contribution in [-0.2, 0) is 12.5 Å². The molecule has 0 fully saturated rings. The minimum Gasteiger partial charge on any atom is -0.390 e. The van der Waals surface area contributed by atoms with E-state index in [-0.39, 0.29) is 12.1 Å². The lowest BCUT2D eigenvalue weighted by molar-refractivity contribution is -0.0702. The number of hydrogen-bond donors (Lipinski definition) is 3. The van der Waals surface area contributed by atoms with Gasteiger partial charge >= 0.3 is 0 Å². The van der Waals surface area contributed by atoms with Gasteiger partial charge in [-0.2, -0.15) is 8.78 Å². The maximum atomic E-state index is 14.3. The Balaban J connectivity index is 1.91. The number of nitrogens with two attached hydrogens (primary N) is 1. The summed E-state index contributed by atoms with van der Waals surface area (Å²) < 4.78 is 28.6. The molecule has 0 amide bonds. The predicted octanol–water partition coefficient (Wildman–Crippen LogP) is 2.56. The van der Waals surface area contributed by atoms with Crippen LogP contribution in [0, 0.1) is 6.92 Å². The average Bonchev–Trinajstić information content (AvgIpc) is 2.55. The van der Waals surface area contributed by atoms with Gasteiger partial charge in [0.05, 0.1) is 6.10 Å². The van der Waals surface area contributed by atoms with Crippen molar-refractivity contribution in [3.05, 3.63) is 71.3 Å². The van der Waals surface area contributed by atoms with Gasteiger partial charge in [-0.25, -0.2) is 0 Å². The molecule has 2 aromatic carbocycles. The van der Waals surface area contributed by atoms with Crippen molar-refractivity contribution in [3.63, 3.8) is 0 Å². The van der Waals surface area contributed by atoms with Gasteiger partial charge in [0.15, 0.2) is 0 Å². The average molecular weight is 320 g/mol. The fourth-order valence-electron chi connectivity index (χ4n) is 2.41. The van der Waals surface area contributed by atoms with Gasteiger partial charge in [0, 0.05) is 18.7 Å². The van der Waals surface area contributed by atoms with E-state index in [1.54, 1.807) is 6.07 Å². The molecule has 0 saturated carbocycles. The van der Waals surface area contributed by atoms with Gasteiger partial charge < -0.3 is 16.2 Å². The summed E-state index contributed by atoms with van der Waals surface area (Å²) in [5.74, 6) is -3.29.